The van der Waals surface area contributed by atoms with Gasteiger partial charge in [0.25, 0.3) is 0 Å². The quantitative estimate of drug-likeness (QED) is 0.876. The molecule has 0 bridgehead atoms. The van der Waals surface area contributed by atoms with Crippen molar-refractivity contribution in [1.29, 1.82) is 0 Å². The number of aliphatic carboxylic acids is 1. The highest BCUT2D eigenvalue weighted by Gasteiger charge is 2.11. The molecule has 0 fully saturated rings. The van der Waals surface area contributed by atoms with Crippen LogP contribution in [0.15, 0.2) is 30.5 Å². The van der Waals surface area contributed by atoms with Crippen molar-refractivity contribution < 1.29 is 14.6 Å². The van der Waals surface area contributed by atoms with Crippen LogP contribution in [0.4, 0.5) is 0 Å². The largest absolute Gasteiger partial charge is 0.497 e. The summed E-state index contributed by atoms with van der Waals surface area (Å²) in [5.41, 5.74) is 1.86. The summed E-state index contributed by atoms with van der Waals surface area (Å²) in [4.78, 5) is 15.2. The second-order valence-corrected chi connectivity index (χ2v) is 4.51. The Morgan fingerprint density at radius 1 is 1.35 bits per heavy atom. The molecule has 2 rings (SSSR count). The van der Waals surface area contributed by atoms with Gasteiger partial charge in [-0.1, -0.05) is 12.1 Å². The third kappa shape index (κ3) is 3.17. The third-order valence-corrected chi connectivity index (χ3v) is 3.19. The molecule has 5 heteroatoms. The van der Waals surface area contributed by atoms with Gasteiger partial charge in [-0.2, -0.15) is 0 Å². The summed E-state index contributed by atoms with van der Waals surface area (Å²) in [6, 6.07) is 7.80. The minimum atomic E-state index is -0.837. The second kappa shape index (κ2) is 6.23. The molecule has 1 aromatic heterocycles. The van der Waals surface area contributed by atoms with Crippen molar-refractivity contribution in [2.75, 3.05) is 7.11 Å². The normalized spacial score (nSPS) is 10.5. The minimum absolute atomic E-state index is 0.00343. The summed E-state index contributed by atoms with van der Waals surface area (Å²) in [5, 5.41) is 8.89. The maximum atomic E-state index is 10.8. The lowest BCUT2D eigenvalue weighted by molar-refractivity contribution is -0.136. The van der Waals surface area contributed by atoms with E-state index in [-0.39, 0.29) is 6.42 Å². The predicted octanol–water partition coefficient (Wildman–Crippen LogP) is 2.13. The zero-order valence-corrected chi connectivity index (χ0v) is 11.7. The van der Waals surface area contributed by atoms with Crippen LogP contribution < -0.4 is 4.74 Å². The highest BCUT2D eigenvalue weighted by molar-refractivity contribution is 5.69. The Labute approximate surface area is 117 Å². The van der Waals surface area contributed by atoms with Gasteiger partial charge in [0, 0.05) is 24.9 Å². The van der Waals surface area contributed by atoms with E-state index in [4.69, 9.17) is 9.84 Å². The van der Waals surface area contributed by atoms with Crippen LogP contribution in [0.3, 0.4) is 0 Å². The molecule has 0 spiro atoms. The Morgan fingerprint density at radius 2 is 2.05 bits per heavy atom. The standard InChI is InChI=1S/C15H18N2O3/c1-3-17-12(9-15(18)19)10-16-14(17)8-11-4-6-13(20-2)7-5-11/h4-7,10H,3,8-9H2,1-2H3,(H,18,19). The first-order valence-electron chi connectivity index (χ1n) is 6.52. The molecular formula is C15H18N2O3. The number of aromatic nitrogens is 2. The molecule has 0 aliphatic rings. The van der Waals surface area contributed by atoms with Crippen LogP contribution in [0, 0.1) is 0 Å². The van der Waals surface area contributed by atoms with Crippen molar-refractivity contribution in [2.24, 2.45) is 0 Å². The van der Waals surface area contributed by atoms with Gasteiger partial charge in [0.15, 0.2) is 0 Å². The monoisotopic (exact) mass is 274 g/mol. The molecule has 106 valence electrons. The van der Waals surface area contributed by atoms with Crippen LogP contribution >= 0.6 is 0 Å². The van der Waals surface area contributed by atoms with E-state index >= 15 is 0 Å². The van der Waals surface area contributed by atoms with Crippen molar-refractivity contribution in [3.05, 3.63) is 47.5 Å². The van der Waals surface area contributed by atoms with E-state index in [1.807, 2.05) is 35.8 Å². The molecule has 0 aliphatic carbocycles. The number of carboxylic acid groups (broad SMARTS) is 1. The molecule has 1 aromatic carbocycles. The Morgan fingerprint density at radius 3 is 2.60 bits per heavy atom. The van der Waals surface area contributed by atoms with Crippen molar-refractivity contribution in [3.63, 3.8) is 0 Å². The lowest BCUT2D eigenvalue weighted by atomic mass is 10.1. The molecule has 20 heavy (non-hydrogen) atoms. The van der Waals surface area contributed by atoms with Gasteiger partial charge < -0.3 is 14.4 Å². The van der Waals surface area contributed by atoms with Crippen LogP contribution in [0.5, 0.6) is 5.75 Å². The van der Waals surface area contributed by atoms with E-state index in [0.29, 0.717) is 13.0 Å². The molecule has 0 saturated heterocycles. The second-order valence-electron chi connectivity index (χ2n) is 4.51. The number of rotatable bonds is 6. The van der Waals surface area contributed by atoms with Crippen molar-refractivity contribution in [1.82, 2.24) is 9.55 Å². The van der Waals surface area contributed by atoms with Gasteiger partial charge in [-0.15, -0.1) is 0 Å². The highest BCUT2D eigenvalue weighted by Crippen LogP contribution is 2.15. The molecule has 0 aliphatic heterocycles. The molecule has 0 atom stereocenters. The maximum Gasteiger partial charge on any atom is 0.309 e. The Hall–Kier alpha value is -2.30. The van der Waals surface area contributed by atoms with E-state index in [2.05, 4.69) is 4.98 Å². The van der Waals surface area contributed by atoms with Crippen LogP contribution in [0.25, 0.3) is 0 Å². The van der Waals surface area contributed by atoms with Crippen molar-refractivity contribution in [2.45, 2.75) is 26.3 Å². The fourth-order valence-corrected chi connectivity index (χ4v) is 2.20. The number of hydrogen-bond acceptors (Lipinski definition) is 3. The molecule has 1 heterocycles. The van der Waals surface area contributed by atoms with Crippen molar-refractivity contribution in [3.8, 4) is 5.75 Å². The summed E-state index contributed by atoms with van der Waals surface area (Å²) < 4.78 is 7.08. The molecule has 5 nitrogen and oxygen atoms in total. The van der Waals surface area contributed by atoms with Crippen LogP contribution in [0.1, 0.15) is 24.0 Å². The van der Waals surface area contributed by atoms with Gasteiger partial charge in [0.1, 0.15) is 11.6 Å². The van der Waals surface area contributed by atoms with Crippen LogP contribution in [-0.4, -0.2) is 27.7 Å². The smallest absolute Gasteiger partial charge is 0.309 e. The number of nitrogens with zero attached hydrogens (tertiary/aromatic N) is 2. The van der Waals surface area contributed by atoms with Gasteiger partial charge in [-0.05, 0) is 24.6 Å². The van der Waals surface area contributed by atoms with E-state index in [9.17, 15) is 4.79 Å². The minimum Gasteiger partial charge on any atom is -0.497 e. The molecule has 0 saturated carbocycles. The maximum absolute atomic E-state index is 10.8. The number of methoxy groups -OCH3 is 1. The fraction of sp³-hybridized carbons (Fsp3) is 0.333. The number of carbonyl (C=O) groups is 1. The molecule has 1 N–H and O–H groups in total. The van der Waals surface area contributed by atoms with Gasteiger partial charge >= 0.3 is 5.97 Å². The summed E-state index contributed by atoms with van der Waals surface area (Å²) in [7, 11) is 1.64. The average molecular weight is 274 g/mol. The van der Waals surface area contributed by atoms with Crippen LogP contribution in [-0.2, 0) is 24.2 Å². The Bertz CT molecular complexity index is 588. The van der Waals surface area contributed by atoms with Gasteiger partial charge in [0.05, 0.1) is 13.5 Å². The first kappa shape index (κ1) is 14.1. The van der Waals surface area contributed by atoms with Crippen LogP contribution in [0.2, 0.25) is 0 Å². The number of carboxylic acids is 1. The van der Waals surface area contributed by atoms with E-state index in [1.54, 1.807) is 13.3 Å². The number of imidazole rings is 1. The lowest BCUT2D eigenvalue weighted by Crippen LogP contribution is -2.10. The summed E-state index contributed by atoms with van der Waals surface area (Å²) in [6.07, 6.45) is 2.33. The summed E-state index contributed by atoms with van der Waals surface area (Å²) in [5.74, 6) is 0.865. The van der Waals surface area contributed by atoms with Gasteiger partial charge in [-0.3, -0.25) is 4.79 Å². The first-order chi connectivity index (χ1) is 9.63. The van der Waals surface area contributed by atoms with Crippen molar-refractivity contribution >= 4 is 5.97 Å². The Balaban J connectivity index is 2.19. The first-order valence-corrected chi connectivity index (χ1v) is 6.52. The van der Waals surface area contributed by atoms with Gasteiger partial charge in [0.2, 0.25) is 0 Å². The summed E-state index contributed by atoms with van der Waals surface area (Å²) in [6.45, 7) is 2.71. The third-order valence-electron chi connectivity index (χ3n) is 3.19. The molecule has 0 unspecified atom stereocenters. The fourth-order valence-electron chi connectivity index (χ4n) is 2.20. The molecule has 0 radical (unpaired) electrons. The highest BCUT2D eigenvalue weighted by atomic mass is 16.5. The topological polar surface area (TPSA) is 64.4 Å². The van der Waals surface area contributed by atoms with E-state index < -0.39 is 5.97 Å². The Kier molecular flexibility index (Phi) is 4.40. The number of benzene rings is 1. The zero-order valence-electron chi connectivity index (χ0n) is 11.7. The summed E-state index contributed by atoms with van der Waals surface area (Å²) >= 11 is 0. The number of hydrogen-bond donors (Lipinski definition) is 1. The number of ether oxygens (including phenoxy) is 1. The van der Waals surface area contributed by atoms with E-state index in [1.165, 1.54) is 0 Å². The predicted molar refractivity (Wildman–Crippen MR) is 75.0 cm³/mol. The van der Waals surface area contributed by atoms with Gasteiger partial charge in [-0.25, -0.2) is 4.98 Å². The molecule has 0 amide bonds. The molecule has 2 aromatic rings. The molecular weight excluding hydrogens is 256 g/mol. The van der Waals surface area contributed by atoms with E-state index in [0.717, 1.165) is 22.8 Å². The lowest BCUT2D eigenvalue weighted by Gasteiger charge is -2.09. The SMILES string of the molecule is CCn1c(CC(=O)O)cnc1Cc1ccc(OC)cc1. The average Bonchev–Trinajstić information content (AvgIpc) is 2.80. The zero-order chi connectivity index (χ0) is 14.5.